The Bertz CT molecular complexity index is 450. The van der Waals surface area contributed by atoms with Crippen LogP contribution >= 0.6 is 0 Å². The van der Waals surface area contributed by atoms with Crippen LogP contribution in [0.4, 0.5) is 0 Å². The Morgan fingerprint density at radius 2 is 2.33 bits per heavy atom. The molecule has 2 rings (SSSR count). The van der Waals surface area contributed by atoms with E-state index in [9.17, 15) is 9.90 Å². The second kappa shape index (κ2) is 5.41. The summed E-state index contributed by atoms with van der Waals surface area (Å²) in [5, 5.41) is 12.5. The maximum absolute atomic E-state index is 12.0. The van der Waals surface area contributed by atoms with Crippen molar-refractivity contribution in [2.24, 2.45) is 0 Å². The molecule has 1 saturated heterocycles. The fourth-order valence-corrected chi connectivity index (χ4v) is 1.94. The first kappa shape index (κ1) is 12.9. The zero-order valence-electron chi connectivity index (χ0n) is 10.5. The molecule has 98 valence electrons. The summed E-state index contributed by atoms with van der Waals surface area (Å²) in [6.07, 6.45) is 1.46. The highest BCUT2D eigenvalue weighted by molar-refractivity contribution is 5.95. The van der Waals surface area contributed by atoms with Gasteiger partial charge in [-0.2, -0.15) is 0 Å². The van der Waals surface area contributed by atoms with E-state index in [-0.39, 0.29) is 18.6 Å². The lowest BCUT2D eigenvalue weighted by atomic mass is 10.1. The molecule has 1 aromatic heterocycles. The molecule has 2 atom stereocenters. The highest BCUT2D eigenvalue weighted by atomic mass is 16.5. The predicted molar refractivity (Wildman–Crippen MR) is 64.2 cm³/mol. The van der Waals surface area contributed by atoms with E-state index in [1.165, 1.54) is 6.20 Å². The quantitative estimate of drug-likeness (QED) is 0.771. The van der Waals surface area contributed by atoms with Gasteiger partial charge < -0.3 is 15.2 Å². The van der Waals surface area contributed by atoms with Crippen LogP contribution < -0.4 is 5.32 Å². The Morgan fingerprint density at radius 1 is 1.56 bits per heavy atom. The van der Waals surface area contributed by atoms with Crippen molar-refractivity contribution in [3.8, 4) is 0 Å². The van der Waals surface area contributed by atoms with Gasteiger partial charge in [-0.05, 0) is 20.3 Å². The molecule has 0 spiro atoms. The van der Waals surface area contributed by atoms with Gasteiger partial charge in [0.15, 0.2) is 0 Å². The Labute approximate surface area is 105 Å². The van der Waals surface area contributed by atoms with Crippen LogP contribution in [0.5, 0.6) is 0 Å². The summed E-state index contributed by atoms with van der Waals surface area (Å²) in [6.45, 7) is 4.35. The van der Waals surface area contributed by atoms with E-state index in [1.54, 1.807) is 13.8 Å². The van der Waals surface area contributed by atoms with Gasteiger partial charge in [-0.3, -0.25) is 4.79 Å². The topological polar surface area (TPSA) is 84.3 Å². The van der Waals surface area contributed by atoms with Crippen LogP contribution in [0.1, 0.15) is 28.3 Å². The van der Waals surface area contributed by atoms with E-state index in [2.05, 4.69) is 15.3 Å². The number of carbonyl (C=O) groups excluding carboxylic acids is 1. The summed E-state index contributed by atoms with van der Waals surface area (Å²) in [5.74, 6) is 0.383. The van der Waals surface area contributed by atoms with Gasteiger partial charge in [-0.15, -0.1) is 0 Å². The highest BCUT2D eigenvalue weighted by Gasteiger charge is 2.26. The maximum atomic E-state index is 12.0. The van der Waals surface area contributed by atoms with E-state index in [4.69, 9.17) is 4.74 Å². The first-order valence-electron chi connectivity index (χ1n) is 5.95. The molecule has 1 amide bonds. The largest absolute Gasteiger partial charge is 0.389 e. The van der Waals surface area contributed by atoms with Gasteiger partial charge in [0.25, 0.3) is 5.91 Å². The lowest BCUT2D eigenvalue weighted by Crippen LogP contribution is -2.48. The molecule has 0 bridgehead atoms. The van der Waals surface area contributed by atoms with E-state index < -0.39 is 6.10 Å². The van der Waals surface area contributed by atoms with Crippen molar-refractivity contribution in [3.63, 3.8) is 0 Å². The first-order valence-corrected chi connectivity index (χ1v) is 5.95. The van der Waals surface area contributed by atoms with Gasteiger partial charge in [-0.1, -0.05) is 0 Å². The minimum absolute atomic E-state index is 0.251. The van der Waals surface area contributed by atoms with Crippen LogP contribution in [0.3, 0.4) is 0 Å². The van der Waals surface area contributed by atoms with Crippen molar-refractivity contribution in [3.05, 3.63) is 23.3 Å². The maximum Gasteiger partial charge on any atom is 0.255 e. The molecule has 6 heteroatoms. The Kier molecular flexibility index (Phi) is 3.88. The normalized spacial score (nSPS) is 23.7. The third-order valence-corrected chi connectivity index (χ3v) is 2.99. The number of aliphatic hydroxyl groups is 1. The van der Waals surface area contributed by atoms with E-state index in [0.29, 0.717) is 30.1 Å². The molecule has 2 heterocycles. The molecule has 1 aliphatic rings. The standard InChI is InChI=1S/C12H17N3O3/c1-7-9(5-13-8(2)14-7)12(17)15-10-3-4-18-6-11(10)16/h5,10-11,16H,3-4,6H2,1-2H3,(H,15,17)/t10-,11-/m1/s1. The molecule has 6 nitrogen and oxygen atoms in total. The molecule has 0 unspecified atom stereocenters. The first-order chi connectivity index (χ1) is 8.58. The molecule has 2 N–H and O–H groups in total. The second-order valence-corrected chi connectivity index (χ2v) is 4.43. The van der Waals surface area contributed by atoms with E-state index >= 15 is 0 Å². The van der Waals surface area contributed by atoms with Crippen LogP contribution in [0.15, 0.2) is 6.20 Å². The number of hydrogen-bond donors (Lipinski definition) is 2. The number of aryl methyl sites for hydroxylation is 2. The van der Waals surface area contributed by atoms with Crippen molar-refractivity contribution in [1.82, 2.24) is 15.3 Å². The van der Waals surface area contributed by atoms with Crippen molar-refractivity contribution in [1.29, 1.82) is 0 Å². The van der Waals surface area contributed by atoms with Crippen molar-refractivity contribution in [2.45, 2.75) is 32.4 Å². The molecular formula is C12H17N3O3. The number of amides is 1. The smallest absolute Gasteiger partial charge is 0.255 e. The Hall–Kier alpha value is -1.53. The lowest BCUT2D eigenvalue weighted by Gasteiger charge is -2.28. The Balaban J connectivity index is 2.07. The number of hydrogen-bond acceptors (Lipinski definition) is 5. The number of aliphatic hydroxyl groups excluding tert-OH is 1. The zero-order valence-corrected chi connectivity index (χ0v) is 10.5. The van der Waals surface area contributed by atoms with Crippen molar-refractivity contribution in [2.75, 3.05) is 13.2 Å². The van der Waals surface area contributed by atoms with Crippen LogP contribution in [0.2, 0.25) is 0 Å². The fraction of sp³-hybridized carbons (Fsp3) is 0.583. The van der Waals surface area contributed by atoms with Gasteiger partial charge in [0.05, 0.1) is 30.0 Å². The van der Waals surface area contributed by atoms with Gasteiger partial charge in [0.1, 0.15) is 5.82 Å². The van der Waals surface area contributed by atoms with Crippen LogP contribution in [0.25, 0.3) is 0 Å². The SMILES string of the molecule is Cc1ncc(C(=O)N[C@@H]2CCOC[C@H]2O)c(C)n1. The van der Waals surface area contributed by atoms with Crippen LogP contribution in [0, 0.1) is 13.8 Å². The molecule has 0 saturated carbocycles. The summed E-state index contributed by atoms with van der Waals surface area (Å²) in [7, 11) is 0. The summed E-state index contributed by atoms with van der Waals surface area (Å²) < 4.78 is 5.11. The third kappa shape index (κ3) is 2.83. The summed E-state index contributed by atoms with van der Waals surface area (Å²) >= 11 is 0. The zero-order chi connectivity index (χ0) is 13.1. The van der Waals surface area contributed by atoms with Crippen LogP contribution in [-0.4, -0.2) is 46.3 Å². The molecule has 0 radical (unpaired) electrons. The molecular weight excluding hydrogens is 234 g/mol. The van der Waals surface area contributed by atoms with Crippen molar-refractivity contribution < 1.29 is 14.6 Å². The van der Waals surface area contributed by atoms with Crippen LogP contribution in [-0.2, 0) is 4.74 Å². The Morgan fingerprint density at radius 3 is 3.00 bits per heavy atom. The summed E-state index contributed by atoms with van der Waals surface area (Å²) in [4.78, 5) is 20.2. The number of nitrogens with one attached hydrogen (secondary N) is 1. The number of rotatable bonds is 2. The molecule has 1 fully saturated rings. The average molecular weight is 251 g/mol. The van der Waals surface area contributed by atoms with Gasteiger partial charge in [0.2, 0.25) is 0 Å². The molecule has 1 aromatic rings. The summed E-state index contributed by atoms with van der Waals surface area (Å²) in [5.41, 5.74) is 1.08. The number of carbonyl (C=O) groups is 1. The predicted octanol–water partition coefficient (Wildman–Crippen LogP) is -0.0270. The van der Waals surface area contributed by atoms with E-state index in [0.717, 1.165) is 0 Å². The number of nitrogens with zero attached hydrogens (tertiary/aromatic N) is 2. The summed E-state index contributed by atoms with van der Waals surface area (Å²) in [6, 6.07) is -0.271. The van der Waals surface area contributed by atoms with Gasteiger partial charge >= 0.3 is 0 Å². The van der Waals surface area contributed by atoms with E-state index in [1.807, 2.05) is 0 Å². The van der Waals surface area contributed by atoms with Gasteiger partial charge in [-0.25, -0.2) is 9.97 Å². The molecule has 0 aliphatic carbocycles. The lowest BCUT2D eigenvalue weighted by molar-refractivity contribution is -0.0261. The molecule has 1 aliphatic heterocycles. The minimum atomic E-state index is -0.658. The number of ether oxygens (including phenoxy) is 1. The molecule has 18 heavy (non-hydrogen) atoms. The van der Waals surface area contributed by atoms with Crippen molar-refractivity contribution >= 4 is 5.91 Å². The molecule has 0 aromatic carbocycles. The van der Waals surface area contributed by atoms with Gasteiger partial charge in [0, 0.05) is 12.8 Å². The average Bonchev–Trinajstić information content (AvgIpc) is 2.32. The number of aromatic nitrogens is 2. The third-order valence-electron chi connectivity index (χ3n) is 2.99. The monoisotopic (exact) mass is 251 g/mol. The highest BCUT2D eigenvalue weighted by Crippen LogP contribution is 2.10. The fourth-order valence-electron chi connectivity index (χ4n) is 1.94. The second-order valence-electron chi connectivity index (χ2n) is 4.43. The minimum Gasteiger partial charge on any atom is -0.389 e.